The smallest absolute Gasteiger partial charge is 0.320 e. The lowest BCUT2D eigenvalue weighted by Gasteiger charge is -2.41. The summed E-state index contributed by atoms with van der Waals surface area (Å²) < 4.78 is 0. The third kappa shape index (κ3) is 3.86. The minimum Gasteiger partial charge on any atom is -0.481 e. The van der Waals surface area contributed by atoms with Crippen LogP contribution in [0.5, 0.6) is 0 Å². The van der Waals surface area contributed by atoms with Gasteiger partial charge in [-0.05, 0) is 26.2 Å². The van der Waals surface area contributed by atoms with Gasteiger partial charge in [0.15, 0.2) is 0 Å². The first-order valence-corrected chi connectivity index (χ1v) is 7.38. The van der Waals surface area contributed by atoms with Crippen molar-refractivity contribution in [3.8, 4) is 0 Å². The van der Waals surface area contributed by atoms with E-state index in [1.165, 1.54) is 11.9 Å². The lowest BCUT2D eigenvalue weighted by Crippen LogP contribution is -2.54. The summed E-state index contributed by atoms with van der Waals surface area (Å²) in [5, 5.41) is 11.9. The zero-order chi connectivity index (χ0) is 16.0. The summed E-state index contributed by atoms with van der Waals surface area (Å²) in [6, 6.07) is -0.264. The van der Waals surface area contributed by atoms with Crippen LogP contribution in [0.25, 0.3) is 0 Å². The third-order valence-corrected chi connectivity index (χ3v) is 4.24. The van der Waals surface area contributed by atoms with Gasteiger partial charge in [-0.15, -0.1) is 0 Å². The Morgan fingerprint density at radius 2 is 2.00 bits per heavy atom. The molecule has 1 saturated heterocycles. The van der Waals surface area contributed by atoms with E-state index in [1.807, 2.05) is 6.92 Å². The van der Waals surface area contributed by atoms with Crippen molar-refractivity contribution in [2.24, 2.45) is 5.41 Å². The molecule has 1 heterocycles. The van der Waals surface area contributed by atoms with E-state index in [4.69, 9.17) is 0 Å². The molecule has 1 atom stereocenters. The summed E-state index contributed by atoms with van der Waals surface area (Å²) >= 11 is 0. The van der Waals surface area contributed by atoms with Crippen LogP contribution < -0.4 is 5.32 Å². The fourth-order valence-electron chi connectivity index (χ4n) is 2.68. The molecule has 7 heteroatoms. The van der Waals surface area contributed by atoms with Crippen molar-refractivity contribution in [3.05, 3.63) is 0 Å². The Labute approximate surface area is 125 Å². The number of likely N-dealkylation sites (N-methyl/N-ethyl adjacent to an activating group) is 2. The van der Waals surface area contributed by atoms with Gasteiger partial charge in [0.25, 0.3) is 0 Å². The van der Waals surface area contributed by atoms with Crippen molar-refractivity contribution in [2.75, 3.05) is 33.2 Å². The van der Waals surface area contributed by atoms with E-state index in [-0.39, 0.29) is 25.0 Å². The molecule has 7 nitrogen and oxygen atoms in total. The van der Waals surface area contributed by atoms with Crippen molar-refractivity contribution in [2.45, 2.75) is 33.1 Å². The van der Waals surface area contributed by atoms with Crippen LogP contribution in [0.1, 0.15) is 33.1 Å². The molecule has 1 aliphatic heterocycles. The molecule has 21 heavy (non-hydrogen) atoms. The lowest BCUT2D eigenvalue weighted by atomic mass is 9.78. The number of aliphatic carboxylic acids is 1. The Morgan fingerprint density at radius 1 is 1.33 bits per heavy atom. The van der Waals surface area contributed by atoms with Gasteiger partial charge in [-0.3, -0.25) is 9.59 Å². The number of carbonyl (C=O) groups excluding carboxylic acids is 2. The molecule has 0 spiro atoms. The maximum atomic E-state index is 12.5. The Kier molecular flexibility index (Phi) is 5.99. The molecule has 120 valence electrons. The molecule has 0 aromatic rings. The Bertz CT molecular complexity index is 413. The van der Waals surface area contributed by atoms with Crippen LogP contribution in [0.2, 0.25) is 0 Å². The molecule has 0 aromatic heterocycles. The van der Waals surface area contributed by atoms with E-state index in [2.05, 4.69) is 5.32 Å². The van der Waals surface area contributed by atoms with Crippen LogP contribution in [0, 0.1) is 5.41 Å². The summed E-state index contributed by atoms with van der Waals surface area (Å²) in [5.74, 6) is -1.08. The first kappa shape index (κ1) is 17.3. The number of carbonyl (C=O) groups is 3. The summed E-state index contributed by atoms with van der Waals surface area (Å²) in [4.78, 5) is 38.5. The zero-order valence-electron chi connectivity index (χ0n) is 13.0. The molecule has 0 saturated carbocycles. The number of nitrogens with one attached hydrogen (secondary N) is 1. The lowest BCUT2D eigenvalue weighted by molar-refractivity contribution is -0.152. The number of amides is 3. The Morgan fingerprint density at radius 3 is 2.48 bits per heavy atom. The van der Waals surface area contributed by atoms with Gasteiger partial charge in [-0.25, -0.2) is 4.79 Å². The second-order valence-electron chi connectivity index (χ2n) is 5.43. The number of nitrogens with zero attached hydrogens (tertiary/aromatic N) is 2. The van der Waals surface area contributed by atoms with Gasteiger partial charge < -0.3 is 20.2 Å². The molecule has 0 aromatic carbocycles. The van der Waals surface area contributed by atoms with Crippen LogP contribution >= 0.6 is 0 Å². The summed E-state index contributed by atoms with van der Waals surface area (Å²) in [6.07, 6.45) is 1.75. The molecular weight excluding hydrogens is 274 g/mol. The average Bonchev–Trinajstić information content (AvgIpc) is 2.51. The highest BCUT2D eigenvalue weighted by atomic mass is 16.4. The van der Waals surface area contributed by atoms with Gasteiger partial charge in [0.2, 0.25) is 5.91 Å². The van der Waals surface area contributed by atoms with Gasteiger partial charge in [0.05, 0.1) is 5.41 Å². The van der Waals surface area contributed by atoms with E-state index < -0.39 is 11.4 Å². The van der Waals surface area contributed by atoms with Crippen LogP contribution in [0.3, 0.4) is 0 Å². The molecule has 0 radical (unpaired) electrons. The van der Waals surface area contributed by atoms with Crippen molar-refractivity contribution in [1.82, 2.24) is 15.1 Å². The minimum absolute atomic E-state index is 0.00543. The predicted octanol–water partition coefficient (Wildman–Crippen LogP) is 0.751. The zero-order valence-corrected chi connectivity index (χ0v) is 13.0. The number of rotatable bonds is 5. The monoisotopic (exact) mass is 299 g/mol. The maximum absolute atomic E-state index is 12.5. The molecule has 0 bridgehead atoms. The highest BCUT2D eigenvalue weighted by Crippen LogP contribution is 2.34. The fourth-order valence-corrected chi connectivity index (χ4v) is 2.68. The largest absolute Gasteiger partial charge is 0.481 e. The number of likely N-dealkylation sites (tertiary alicyclic amines) is 1. The minimum atomic E-state index is -0.861. The highest BCUT2D eigenvalue weighted by Gasteiger charge is 2.42. The maximum Gasteiger partial charge on any atom is 0.320 e. The molecule has 0 aliphatic carbocycles. The van der Waals surface area contributed by atoms with Gasteiger partial charge in [-0.2, -0.15) is 0 Å². The molecule has 2 N–H and O–H groups in total. The summed E-state index contributed by atoms with van der Waals surface area (Å²) in [6.45, 7) is 4.79. The number of hydrogen-bond acceptors (Lipinski definition) is 3. The molecule has 1 rings (SSSR count). The number of carboxylic acids is 1. The normalized spacial score (nSPS) is 21.8. The molecule has 1 unspecified atom stereocenters. The van der Waals surface area contributed by atoms with Gasteiger partial charge in [-0.1, -0.05) is 6.92 Å². The van der Waals surface area contributed by atoms with Crippen LogP contribution in [-0.4, -0.2) is 66.0 Å². The van der Waals surface area contributed by atoms with Crippen molar-refractivity contribution < 1.29 is 19.5 Å². The number of piperidine rings is 1. The number of hydrogen-bond donors (Lipinski definition) is 2. The van der Waals surface area contributed by atoms with Gasteiger partial charge in [0.1, 0.15) is 6.54 Å². The van der Waals surface area contributed by atoms with E-state index in [0.29, 0.717) is 32.4 Å². The summed E-state index contributed by atoms with van der Waals surface area (Å²) in [5.41, 5.74) is -0.861. The standard InChI is InChI=1S/C14H25N3O4/c1-4-14(12(19)20)7-6-8-17(10-14)13(21)16(5-2)9-11(18)15-3/h4-10H2,1-3H3,(H,15,18)(H,19,20). The first-order chi connectivity index (χ1) is 9.90. The van der Waals surface area contributed by atoms with E-state index >= 15 is 0 Å². The van der Waals surface area contributed by atoms with Crippen molar-refractivity contribution in [3.63, 3.8) is 0 Å². The number of carboxylic acid groups (broad SMARTS) is 1. The second-order valence-corrected chi connectivity index (χ2v) is 5.43. The summed E-state index contributed by atoms with van der Waals surface area (Å²) in [7, 11) is 1.52. The van der Waals surface area contributed by atoms with Crippen LogP contribution in [0.15, 0.2) is 0 Å². The highest BCUT2D eigenvalue weighted by molar-refractivity contribution is 5.84. The molecule has 3 amide bonds. The van der Waals surface area contributed by atoms with E-state index in [9.17, 15) is 19.5 Å². The Balaban J connectivity index is 2.81. The van der Waals surface area contributed by atoms with Gasteiger partial charge >= 0.3 is 12.0 Å². The number of urea groups is 1. The van der Waals surface area contributed by atoms with Gasteiger partial charge in [0, 0.05) is 26.7 Å². The van der Waals surface area contributed by atoms with E-state index in [1.54, 1.807) is 11.8 Å². The molecule has 1 aliphatic rings. The molecular formula is C14H25N3O4. The SMILES string of the molecule is CCN(CC(=O)NC)C(=O)N1CCCC(CC)(C(=O)O)C1. The average molecular weight is 299 g/mol. The van der Waals surface area contributed by atoms with Crippen LogP contribution in [-0.2, 0) is 9.59 Å². The quantitative estimate of drug-likeness (QED) is 0.784. The first-order valence-electron chi connectivity index (χ1n) is 7.38. The third-order valence-electron chi connectivity index (χ3n) is 4.24. The van der Waals surface area contributed by atoms with Crippen LogP contribution in [0.4, 0.5) is 4.79 Å². The second kappa shape index (κ2) is 7.28. The Hall–Kier alpha value is -1.79. The topological polar surface area (TPSA) is 90.0 Å². The van der Waals surface area contributed by atoms with Crippen molar-refractivity contribution >= 4 is 17.9 Å². The van der Waals surface area contributed by atoms with Crippen molar-refractivity contribution in [1.29, 1.82) is 0 Å². The molecule has 1 fully saturated rings. The fraction of sp³-hybridized carbons (Fsp3) is 0.786. The predicted molar refractivity (Wildman–Crippen MR) is 77.9 cm³/mol. The van der Waals surface area contributed by atoms with E-state index in [0.717, 1.165) is 0 Å².